The predicted octanol–water partition coefficient (Wildman–Crippen LogP) is 3.71. The van der Waals surface area contributed by atoms with E-state index in [1.165, 1.54) is 0 Å². The minimum Gasteiger partial charge on any atom is -0.497 e. The molecule has 1 saturated heterocycles. The van der Waals surface area contributed by atoms with E-state index in [-0.39, 0.29) is 11.9 Å². The first-order valence-corrected chi connectivity index (χ1v) is 10.4. The Kier molecular flexibility index (Phi) is 4.94. The van der Waals surface area contributed by atoms with E-state index in [0.717, 1.165) is 21.5 Å². The van der Waals surface area contributed by atoms with E-state index in [2.05, 4.69) is 21.2 Å². The van der Waals surface area contributed by atoms with Crippen LogP contribution in [0.25, 0.3) is 0 Å². The van der Waals surface area contributed by atoms with Crippen LogP contribution in [-0.4, -0.2) is 42.8 Å². The Balaban J connectivity index is 1.91. The lowest BCUT2D eigenvalue weighted by Gasteiger charge is -2.56. The molecule has 4 rings (SSSR count). The summed E-state index contributed by atoms with van der Waals surface area (Å²) in [5.74, 6) is 0.876. The molecule has 0 unspecified atom stereocenters. The lowest BCUT2D eigenvalue weighted by molar-refractivity contribution is -0.144. The molecule has 0 spiro atoms. The Morgan fingerprint density at radius 2 is 2.07 bits per heavy atom. The zero-order valence-corrected chi connectivity index (χ0v) is 19.0. The van der Waals surface area contributed by atoms with Gasteiger partial charge in [-0.25, -0.2) is 0 Å². The highest BCUT2D eigenvalue weighted by atomic mass is 79.9. The van der Waals surface area contributed by atoms with Crippen molar-refractivity contribution < 1.29 is 14.3 Å². The van der Waals surface area contributed by atoms with E-state index in [1.54, 1.807) is 26.1 Å². The molecular weight excluding hydrogens is 454 g/mol. The van der Waals surface area contributed by atoms with Gasteiger partial charge in [0.2, 0.25) is 5.91 Å². The molecule has 2 aliphatic rings. The lowest BCUT2D eigenvalue weighted by atomic mass is 9.78. The number of thiocarbonyl (C=S) groups is 1. The molecule has 1 fully saturated rings. The summed E-state index contributed by atoms with van der Waals surface area (Å²) in [7, 11) is 5.13. The molecule has 6 nitrogen and oxygen atoms in total. The number of benzene rings is 2. The van der Waals surface area contributed by atoms with Gasteiger partial charge in [0.05, 0.1) is 18.8 Å². The fourth-order valence-corrected chi connectivity index (χ4v) is 4.94. The third-order valence-corrected chi connectivity index (χ3v) is 6.27. The fraction of sp³-hybridized carbons (Fsp3) is 0.333. The second-order valence-electron chi connectivity index (χ2n) is 7.51. The average molecular weight is 476 g/mol. The monoisotopic (exact) mass is 475 g/mol. The predicted molar refractivity (Wildman–Crippen MR) is 119 cm³/mol. The second-order valence-corrected chi connectivity index (χ2v) is 8.82. The molecule has 152 valence electrons. The Morgan fingerprint density at radius 3 is 2.76 bits per heavy atom. The molecule has 0 saturated carbocycles. The summed E-state index contributed by atoms with van der Waals surface area (Å²) in [5, 5.41) is 3.90. The molecule has 8 heteroatoms. The minimum atomic E-state index is -1.01. The number of carbonyl (C=O) groups is 1. The molecule has 1 N–H and O–H groups in total. The van der Waals surface area contributed by atoms with Gasteiger partial charge in [-0.1, -0.05) is 22.0 Å². The highest BCUT2D eigenvalue weighted by Gasteiger charge is 2.59. The Hall–Kier alpha value is -2.32. The number of methoxy groups -OCH3 is 1. The van der Waals surface area contributed by atoms with Gasteiger partial charge in [-0.05, 0) is 49.5 Å². The smallest absolute Gasteiger partial charge is 0.233 e. The van der Waals surface area contributed by atoms with Crippen molar-refractivity contribution in [1.29, 1.82) is 0 Å². The van der Waals surface area contributed by atoms with Crippen LogP contribution >= 0.6 is 28.1 Å². The zero-order valence-electron chi connectivity index (χ0n) is 16.6. The van der Waals surface area contributed by atoms with Gasteiger partial charge < -0.3 is 19.7 Å². The first-order valence-electron chi connectivity index (χ1n) is 9.20. The van der Waals surface area contributed by atoms with Crippen LogP contribution in [0.15, 0.2) is 46.9 Å². The molecule has 2 aliphatic heterocycles. The van der Waals surface area contributed by atoms with Crippen molar-refractivity contribution in [2.24, 2.45) is 5.92 Å². The van der Waals surface area contributed by atoms with E-state index in [9.17, 15) is 4.79 Å². The molecule has 2 aromatic carbocycles. The molecular formula is C21H22BrN3O3S. The summed E-state index contributed by atoms with van der Waals surface area (Å²) >= 11 is 9.26. The summed E-state index contributed by atoms with van der Waals surface area (Å²) in [4.78, 5) is 16.8. The number of carbonyl (C=O) groups excluding carboxylic acids is 1. The first-order chi connectivity index (χ1) is 13.8. The SMILES string of the molecule is COc1cccc(N2C(=S)N[C@H]3c4cc(Br)ccc4O[C@@]2(C)[C@H]3C(=O)N(C)C)c1. The highest BCUT2D eigenvalue weighted by Crippen LogP contribution is 2.50. The van der Waals surface area contributed by atoms with Gasteiger partial charge in [-0.15, -0.1) is 0 Å². The number of nitrogens with zero attached hydrogens (tertiary/aromatic N) is 2. The van der Waals surface area contributed by atoms with Crippen LogP contribution in [-0.2, 0) is 4.79 Å². The van der Waals surface area contributed by atoms with Crippen molar-refractivity contribution in [1.82, 2.24) is 10.2 Å². The van der Waals surface area contributed by atoms with Gasteiger partial charge in [0.15, 0.2) is 10.8 Å². The van der Waals surface area contributed by atoms with Crippen LogP contribution < -0.4 is 19.7 Å². The summed E-state index contributed by atoms with van der Waals surface area (Å²) in [6, 6.07) is 13.1. The number of ether oxygens (including phenoxy) is 2. The molecule has 2 heterocycles. The summed E-state index contributed by atoms with van der Waals surface area (Å²) in [6.45, 7) is 1.92. The van der Waals surface area contributed by atoms with Crippen molar-refractivity contribution in [3.63, 3.8) is 0 Å². The molecule has 3 atom stereocenters. The maximum atomic E-state index is 13.3. The maximum absolute atomic E-state index is 13.3. The van der Waals surface area contributed by atoms with E-state index in [1.807, 2.05) is 54.3 Å². The number of hydrogen-bond donors (Lipinski definition) is 1. The van der Waals surface area contributed by atoms with Crippen molar-refractivity contribution in [2.45, 2.75) is 18.7 Å². The number of anilines is 1. The van der Waals surface area contributed by atoms with Crippen LogP contribution in [0.4, 0.5) is 5.69 Å². The Labute approximate surface area is 183 Å². The molecule has 1 amide bonds. The maximum Gasteiger partial charge on any atom is 0.233 e. The topological polar surface area (TPSA) is 54.0 Å². The average Bonchev–Trinajstić information content (AvgIpc) is 2.67. The third kappa shape index (κ3) is 3.14. The number of halogens is 1. The quantitative estimate of drug-likeness (QED) is 0.682. The number of amides is 1. The van der Waals surface area contributed by atoms with Crippen LogP contribution in [0, 0.1) is 5.92 Å². The van der Waals surface area contributed by atoms with E-state index >= 15 is 0 Å². The van der Waals surface area contributed by atoms with Crippen LogP contribution in [0.1, 0.15) is 18.5 Å². The molecule has 0 aromatic heterocycles. The van der Waals surface area contributed by atoms with Gasteiger partial charge in [0.1, 0.15) is 17.4 Å². The van der Waals surface area contributed by atoms with E-state index < -0.39 is 11.6 Å². The zero-order chi connectivity index (χ0) is 20.9. The lowest BCUT2D eigenvalue weighted by Crippen LogP contribution is -2.72. The summed E-state index contributed by atoms with van der Waals surface area (Å²) in [5.41, 5.74) is 0.686. The summed E-state index contributed by atoms with van der Waals surface area (Å²) < 4.78 is 12.8. The number of hydrogen-bond acceptors (Lipinski definition) is 4. The fourth-order valence-electron chi connectivity index (χ4n) is 4.15. The molecule has 2 aromatic rings. The van der Waals surface area contributed by atoms with Crippen LogP contribution in [0.3, 0.4) is 0 Å². The molecule has 29 heavy (non-hydrogen) atoms. The van der Waals surface area contributed by atoms with Crippen molar-refractivity contribution in [3.05, 3.63) is 52.5 Å². The number of nitrogens with one attached hydrogen (secondary N) is 1. The van der Waals surface area contributed by atoms with Crippen molar-refractivity contribution in [3.8, 4) is 11.5 Å². The van der Waals surface area contributed by atoms with Crippen LogP contribution in [0.2, 0.25) is 0 Å². The standard InChI is InChI=1S/C21H22BrN3O3S/c1-21-17(19(26)24(2)3)18(15-10-12(22)8-9-16(15)28-21)23-20(29)25(21)13-6-5-7-14(11-13)27-4/h5-11,17-18H,1-4H3,(H,23,29)/t17-,18+,21+/m1/s1. The van der Waals surface area contributed by atoms with Crippen molar-refractivity contribution >= 4 is 44.9 Å². The third-order valence-electron chi connectivity index (χ3n) is 5.48. The summed E-state index contributed by atoms with van der Waals surface area (Å²) in [6.07, 6.45) is 0. The molecule has 0 radical (unpaired) electrons. The Bertz CT molecular complexity index is 999. The van der Waals surface area contributed by atoms with Crippen LogP contribution in [0.5, 0.6) is 11.5 Å². The molecule has 2 bridgehead atoms. The Morgan fingerprint density at radius 1 is 1.31 bits per heavy atom. The van der Waals surface area contributed by atoms with Gasteiger partial charge in [0.25, 0.3) is 0 Å². The van der Waals surface area contributed by atoms with Crippen molar-refractivity contribution in [2.75, 3.05) is 26.1 Å². The minimum absolute atomic E-state index is 0.0361. The van der Waals surface area contributed by atoms with Gasteiger partial charge in [-0.2, -0.15) is 0 Å². The highest BCUT2D eigenvalue weighted by molar-refractivity contribution is 9.10. The largest absolute Gasteiger partial charge is 0.497 e. The van der Waals surface area contributed by atoms with E-state index in [0.29, 0.717) is 10.9 Å². The first kappa shape index (κ1) is 20.0. The number of fused-ring (bicyclic) bond motifs is 4. The normalized spacial score (nSPS) is 24.9. The van der Waals surface area contributed by atoms with E-state index in [4.69, 9.17) is 21.7 Å². The number of rotatable bonds is 3. The van der Waals surface area contributed by atoms with Gasteiger partial charge in [0, 0.05) is 30.2 Å². The van der Waals surface area contributed by atoms with Gasteiger partial charge >= 0.3 is 0 Å². The second kappa shape index (κ2) is 7.18. The molecule has 0 aliphatic carbocycles. The van der Waals surface area contributed by atoms with Gasteiger partial charge in [-0.3, -0.25) is 9.69 Å².